The minimum absolute atomic E-state index is 0.0441. The summed E-state index contributed by atoms with van der Waals surface area (Å²) in [7, 11) is 0. The highest BCUT2D eigenvalue weighted by molar-refractivity contribution is 8.00. The number of thioether (sulfide) groups is 1. The third kappa shape index (κ3) is 2.57. The number of rotatable bonds is 6. The van der Waals surface area contributed by atoms with E-state index in [0.29, 0.717) is 18.3 Å². The Hall–Kier alpha value is -1.05. The Bertz CT molecular complexity index is 448. The average Bonchev–Trinajstić information content (AvgIpc) is 2.46. The molecule has 7 heteroatoms. The standard InChI is InChI=1S/C13H21N3O3S/c1-3-8(4-2)15-5-7-6-20-12-9(14)11(17)16(12)10(7)13(18)19/h8-9,12,15H,3-6,14H2,1-2H3,(H,18,19). The normalized spacial score (nSPS) is 25.8. The summed E-state index contributed by atoms with van der Waals surface area (Å²) in [6, 6.07) is -0.110. The summed E-state index contributed by atoms with van der Waals surface area (Å²) in [5.74, 6) is -0.993. The second kappa shape index (κ2) is 6.15. The first-order chi connectivity index (χ1) is 9.51. The number of amides is 1. The number of carboxylic acid groups (broad SMARTS) is 1. The number of nitrogens with zero attached hydrogens (tertiary/aromatic N) is 1. The fourth-order valence-electron chi connectivity index (χ4n) is 2.66. The minimum Gasteiger partial charge on any atom is -0.543 e. The average molecular weight is 299 g/mol. The van der Waals surface area contributed by atoms with Crippen LogP contribution < -0.4 is 16.2 Å². The van der Waals surface area contributed by atoms with Crippen molar-refractivity contribution in [3.63, 3.8) is 0 Å². The summed E-state index contributed by atoms with van der Waals surface area (Å²) >= 11 is 1.53. The zero-order chi connectivity index (χ0) is 14.9. The molecule has 2 aliphatic heterocycles. The maximum atomic E-state index is 11.8. The number of hydrogen-bond acceptors (Lipinski definition) is 5. The monoisotopic (exact) mass is 299 g/mol. The molecule has 0 aromatic carbocycles. The highest BCUT2D eigenvalue weighted by Gasteiger charge is 2.50. The van der Waals surface area contributed by atoms with Gasteiger partial charge in [-0.15, -0.1) is 11.8 Å². The van der Waals surface area contributed by atoms with E-state index in [-0.39, 0.29) is 17.0 Å². The Morgan fingerprint density at radius 1 is 1.55 bits per heavy atom. The molecule has 0 aromatic rings. The zero-order valence-corrected chi connectivity index (χ0v) is 12.6. The second-order valence-corrected chi connectivity index (χ2v) is 6.30. The van der Waals surface area contributed by atoms with Crippen LogP contribution >= 0.6 is 11.8 Å². The quantitative estimate of drug-likeness (QED) is 0.551. The van der Waals surface area contributed by atoms with Crippen LogP contribution in [0.3, 0.4) is 0 Å². The van der Waals surface area contributed by atoms with Gasteiger partial charge in [-0.25, -0.2) is 0 Å². The molecule has 0 saturated carbocycles. The first-order valence-corrected chi connectivity index (χ1v) is 8.03. The van der Waals surface area contributed by atoms with Gasteiger partial charge in [-0.3, -0.25) is 9.69 Å². The number of carboxylic acids is 1. The van der Waals surface area contributed by atoms with Crippen molar-refractivity contribution in [3.8, 4) is 0 Å². The van der Waals surface area contributed by atoms with Crippen molar-refractivity contribution in [1.82, 2.24) is 4.90 Å². The van der Waals surface area contributed by atoms with E-state index in [1.807, 2.05) is 0 Å². The highest BCUT2D eigenvalue weighted by atomic mass is 32.2. The van der Waals surface area contributed by atoms with E-state index < -0.39 is 12.0 Å². The SMILES string of the molecule is CCC(CC)[NH2+]CC1=C(C(=O)[O-])N2C(=O)C(N)C2SC1. The number of carbonyl (C=O) groups excluding carboxylic acids is 2. The van der Waals surface area contributed by atoms with Gasteiger partial charge in [0.25, 0.3) is 0 Å². The molecule has 4 N–H and O–H groups in total. The molecule has 2 atom stereocenters. The van der Waals surface area contributed by atoms with Gasteiger partial charge in [0.15, 0.2) is 0 Å². The lowest BCUT2D eigenvalue weighted by atomic mass is 10.0. The van der Waals surface area contributed by atoms with Crippen LogP contribution in [0.1, 0.15) is 26.7 Å². The Morgan fingerprint density at radius 3 is 2.75 bits per heavy atom. The Morgan fingerprint density at radius 2 is 2.20 bits per heavy atom. The molecular formula is C13H21N3O3S. The van der Waals surface area contributed by atoms with E-state index in [9.17, 15) is 14.7 Å². The van der Waals surface area contributed by atoms with Gasteiger partial charge >= 0.3 is 0 Å². The van der Waals surface area contributed by atoms with Gasteiger partial charge in [-0.1, -0.05) is 13.8 Å². The summed E-state index contributed by atoms with van der Waals surface area (Å²) < 4.78 is 0. The van der Waals surface area contributed by atoms with Gasteiger partial charge in [0, 0.05) is 11.3 Å². The van der Waals surface area contributed by atoms with Crippen LogP contribution in [-0.2, 0) is 9.59 Å². The van der Waals surface area contributed by atoms with Crippen molar-refractivity contribution in [3.05, 3.63) is 11.3 Å². The van der Waals surface area contributed by atoms with Crippen LogP contribution in [0.2, 0.25) is 0 Å². The smallest absolute Gasteiger partial charge is 0.248 e. The van der Waals surface area contributed by atoms with Crippen molar-refractivity contribution in [2.45, 2.75) is 44.1 Å². The molecule has 20 heavy (non-hydrogen) atoms. The van der Waals surface area contributed by atoms with Gasteiger partial charge in [0.05, 0.1) is 17.7 Å². The largest absolute Gasteiger partial charge is 0.543 e. The van der Waals surface area contributed by atoms with Crippen molar-refractivity contribution in [1.29, 1.82) is 0 Å². The molecular weight excluding hydrogens is 278 g/mol. The first-order valence-electron chi connectivity index (χ1n) is 6.98. The molecule has 0 bridgehead atoms. The Balaban J connectivity index is 2.16. The van der Waals surface area contributed by atoms with Crippen LogP contribution in [0.25, 0.3) is 0 Å². The third-order valence-corrected chi connectivity index (χ3v) is 5.39. The summed E-state index contributed by atoms with van der Waals surface area (Å²) in [5, 5.41) is 13.3. The predicted octanol–water partition coefficient (Wildman–Crippen LogP) is -2.02. The van der Waals surface area contributed by atoms with E-state index in [1.54, 1.807) is 0 Å². The maximum absolute atomic E-state index is 11.8. The molecule has 0 aromatic heterocycles. The van der Waals surface area contributed by atoms with Crippen LogP contribution in [0.4, 0.5) is 0 Å². The summed E-state index contributed by atoms with van der Waals surface area (Å²) in [6.45, 7) is 4.82. The summed E-state index contributed by atoms with van der Waals surface area (Å²) in [4.78, 5) is 24.4. The van der Waals surface area contributed by atoms with E-state index in [0.717, 1.165) is 18.4 Å². The van der Waals surface area contributed by atoms with Crippen LogP contribution in [-0.4, -0.2) is 46.5 Å². The molecule has 1 saturated heterocycles. The number of β-lactam (4-membered cyclic amide) rings is 1. The lowest BCUT2D eigenvalue weighted by molar-refractivity contribution is -0.683. The number of aliphatic carboxylic acids is 1. The van der Waals surface area contributed by atoms with E-state index in [2.05, 4.69) is 19.2 Å². The topological polar surface area (TPSA) is 103 Å². The molecule has 6 nitrogen and oxygen atoms in total. The lowest BCUT2D eigenvalue weighted by Crippen LogP contribution is -2.90. The molecule has 112 valence electrons. The van der Waals surface area contributed by atoms with Gasteiger partial charge < -0.3 is 21.0 Å². The molecule has 0 spiro atoms. The molecule has 2 aliphatic rings. The summed E-state index contributed by atoms with van der Waals surface area (Å²) in [5.41, 5.74) is 6.50. The predicted molar refractivity (Wildman–Crippen MR) is 74.3 cm³/mol. The van der Waals surface area contributed by atoms with E-state index in [4.69, 9.17) is 5.73 Å². The molecule has 1 amide bonds. The maximum Gasteiger partial charge on any atom is 0.248 e. The van der Waals surface area contributed by atoms with Crippen molar-refractivity contribution >= 4 is 23.6 Å². The molecule has 2 unspecified atom stereocenters. The number of nitrogens with two attached hydrogens (primary N) is 2. The van der Waals surface area contributed by atoms with Gasteiger partial charge in [-0.2, -0.15) is 0 Å². The number of fused-ring (bicyclic) bond motifs is 1. The van der Waals surface area contributed by atoms with Crippen molar-refractivity contribution in [2.24, 2.45) is 5.73 Å². The fourth-order valence-corrected chi connectivity index (χ4v) is 3.96. The number of carbonyl (C=O) groups is 2. The summed E-state index contributed by atoms with van der Waals surface area (Å²) in [6.07, 6.45) is 2.07. The lowest BCUT2D eigenvalue weighted by Gasteiger charge is -2.49. The number of hydrogen-bond donors (Lipinski definition) is 2. The van der Waals surface area contributed by atoms with Gasteiger partial charge in [-0.05, 0) is 12.8 Å². The van der Waals surface area contributed by atoms with Crippen molar-refractivity contribution < 1.29 is 20.0 Å². The Labute approximate surface area is 122 Å². The van der Waals surface area contributed by atoms with Gasteiger partial charge in [0.2, 0.25) is 5.91 Å². The van der Waals surface area contributed by atoms with E-state index >= 15 is 0 Å². The van der Waals surface area contributed by atoms with Gasteiger partial charge in [0.1, 0.15) is 18.0 Å². The minimum atomic E-state index is -1.27. The third-order valence-electron chi connectivity index (χ3n) is 4.03. The van der Waals surface area contributed by atoms with E-state index in [1.165, 1.54) is 16.7 Å². The molecule has 1 fully saturated rings. The Kier molecular flexibility index (Phi) is 4.72. The second-order valence-electron chi connectivity index (χ2n) is 5.19. The molecule has 2 heterocycles. The zero-order valence-electron chi connectivity index (χ0n) is 11.8. The molecule has 0 radical (unpaired) electrons. The fraction of sp³-hybridized carbons (Fsp3) is 0.692. The molecule has 2 rings (SSSR count). The highest BCUT2D eigenvalue weighted by Crippen LogP contribution is 2.38. The van der Waals surface area contributed by atoms with Crippen LogP contribution in [0.5, 0.6) is 0 Å². The van der Waals surface area contributed by atoms with Crippen LogP contribution in [0, 0.1) is 0 Å². The van der Waals surface area contributed by atoms with Crippen LogP contribution in [0.15, 0.2) is 11.3 Å². The molecule has 0 aliphatic carbocycles. The number of quaternary nitrogens is 1. The van der Waals surface area contributed by atoms with Crippen molar-refractivity contribution in [2.75, 3.05) is 12.3 Å². The first kappa shape index (κ1) is 15.3.